The fraction of sp³-hybridized carbons (Fsp3) is 0.588. The fourth-order valence-corrected chi connectivity index (χ4v) is 3.34. The Hall–Kier alpha value is -1.64. The molecule has 1 amide bonds. The molecule has 2 N–H and O–H groups in total. The minimum Gasteiger partial charge on any atom is -0.484 e. The van der Waals surface area contributed by atoms with Gasteiger partial charge in [0.15, 0.2) is 6.61 Å². The molecule has 0 saturated carbocycles. The minimum atomic E-state index is -3.58. The highest BCUT2D eigenvalue weighted by Crippen LogP contribution is 2.17. The van der Waals surface area contributed by atoms with Gasteiger partial charge < -0.3 is 14.8 Å². The summed E-state index contributed by atoms with van der Waals surface area (Å²) in [5.74, 6) is 0.196. The average Bonchev–Trinajstić information content (AvgIpc) is 2.51. The summed E-state index contributed by atoms with van der Waals surface area (Å²) in [4.78, 5) is 11.8. The second-order valence-electron chi connectivity index (χ2n) is 6.52. The molecule has 142 valence electrons. The quantitative estimate of drug-likeness (QED) is 0.610. The summed E-state index contributed by atoms with van der Waals surface area (Å²) < 4.78 is 37.5. The van der Waals surface area contributed by atoms with Gasteiger partial charge in [-0.25, -0.2) is 13.1 Å². The molecule has 0 aliphatic rings. The number of hydrogen-bond donors (Lipinski definition) is 2. The maximum absolute atomic E-state index is 12.2. The van der Waals surface area contributed by atoms with Gasteiger partial charge in [-0.2, -0.15) is 0 Å². The zero-order valence-electron chi connectivity index (χ0n) is 15.3. The Bertz CT molecular complexity index is 636. The molecular formula is C17H28N2O5S. The molecule has 0 aliphatic heterocycles. The van der Waals surface area contributed by atoms with Crippen molar-refractivity contribution in [1.29, 1.82) is 0 Å². The number of ether oxygens (including phenoxy) is 2. The molecule has 1 rings (SSSR count). The molecule has 0 spiro atoms. The molecule has 0 radical (unpaired) electrons. The number of benzene rings is 1. The summed E-state index contributed by atoms with van der Waals surface area (Å²) in [5.41, 5.74) is -0.561. The third kappa shape index (κ3) is 8.85. The van der Waals surface area contributed by atoms with Crippen molar-refractivity contribution < 1.29 is 22.7 Å². The van der Waals surface area contributed by atoms with Crippen molar-refractivity contribution in [3.8, 4) is 5.75 Å². The van der Waals surface area contributed by atoms with Crippen LogP contribution in [0.4, 0.5) is 0 Å². The summed E-state index contributed by atoms with van der Waals surface area (Å²) in [7, 11) is -3.58. The van der Waals surface area contributed by atoms with Crippen LogP contribution in [0.1, 0.15) is 34.1 Å². The predicted molar refractivity (Wildman–Crippen MR) is 96.1 cm³/mol. The molecule has 25 heavy (non-hydrogen) atoms. The van der Waals surface area contributed by atoms with Crippen LogP contribution in [-0.4, -0.2) is 46.2 Å². The van der Waals surface area contributed by atoms with Crippen molar-refractivity contribution in [2.45, 2.75) is 44.6 Å². The predicted octanol–water partition coefficient (Wildman–Crippen LogP) is 1.68. The number of hydrogen-bond acceptors (Lipinski definition) is 5. The van der Waals surface area contributed by atoms with E-state index >= 15 is 0 Å². The van der Waals surface area contributed by atoms with Gasteiger partial charge in [0.25, 0.3) is 5.91 Å². The SMILES string of the molecule is CCOCCCNC(=O)COc1ccc(S(=O)(=O)NC(C)(C)C)cc1. The van der Waals surface area contributed by atoms with Crippen LogP contribution in [-0.2, 0) is 19.6 Å². The van der Waals surface area contributed by atoms with E-state index in [4.69, 9.17) is 9.47 Å². The van der Waals surface area contributed by atoms with E-state index in [1.54, 1.807) is 20.8 Å². The van der Waals surface area contributed by atoms with Crippen LogP contribution in [0.15, 0.2) is 29.2 Å². The Morgan fingerprint density at radius 2 is 1.80 bits per heavy atom. The Kier molecular flexibility index (Phi) is 8.34. The van der Waals surface area contributed by atoms with Crippen molar-refractivity contribution in [3.63, 3.8) is 0 Å². The Morgan fingerprint density at radius 1 is 1.16 bits per heavy atom. The first-order valence-electron chi connectivity index (χ1n) is 8.25. The maximum Gasteiger partial charge on any atom is 0.257 e. The van der Waals surface area contributed by atoms with Gasteiger partial charge >= 0.3 is 0 Å². The second-order valence-corrected chi connectivity index (χ2v) is 8.20. The Balaban J connectivity index is 2.45. The first-order chi connectivity index (χ1) is 11.6. The lowest BCUT2D eigenvalue weighted by Crippen LogP contribution is -2.40. The van der Waals surface area contributed by atoms with Gasteiger partial charge in [-0.15, -0.1) is 0 Å². The van der Waals surface area contributed by atoms with Crippen LogP contribution < -0.4 is 14.8 Å². The molecule has 1 aromatic carbocycles. The summed E-state index contributed by atoms with van der Waals surface area (Å²) in [6.07, 6.45) is 0.743. The molecule has 0 aromatic heterocycles. The number of sulfonamides is 1. The Labute approximate surface area is 150 Å². The summed E-state index contributed by atoms with van der Waals surface area (Å²) in [6, 6.07) is 5.95. The molecule has 0 atom stereocenters. The van der Waals surface area contributed by atoms with E-state index < -0.39 is 15.6 Å². The highest BCUT2D eigenvalue weighted by atomic mass is 32.2. The second kappa shape index (κ2) is 9.74. The van der Waals surface area contributed by atoms with Gasteiger partial charge in [0, 0.05) is 25.3 Å². The molecule has 0 bridgehead atoms. The number of carbonyl (C=O) groups excluding carboxylic acids is 1. The summed E-state index contributed by atoms with van der Waals surface area (Å²) >= 11 is 0. The van der Waals surface area contributed by atoms with Crippen LogP contribution in [0, 0.1) is 0 Å². The van der Waals surface area contributed by atoms with Gasteiger partial charge in [-0.1, -0.05) is 0 Å². The van der Waals surface area contributed by atoms with Crippen molar-refractivity contribution in [2.24, 2.45) is 0 Å². The standard InChI is InChI=1S/C17H28N2O5S/c1-5-23-12-6-11-18-16(20)13-24-14-7-9-15(10-8-14)25(21,22)19-17(2,3)4/h7-10,19H,5-6,11-13H2,1-4H3,(H,18,20). The molecule has 8 heteroatoms. The average molecular weight is 372 g/mol. The van der Waals surface area contributed by atoms with Crippen LogP contribution in [0.3, 0.4) is 0 Å². The van der Waals surface area contributed by atoms with E-state index in [2.05, 4.69) is 10.0 Å². The Morgan fingerprint density at radius 3 is 2.36 bits per heavy atom. The van der Waals surface area contributed by atoms with E-state index in [1.165, 1.54) is 24.3 Å². The minimum absolute atomic E-state index is 0.124. The third-order valence-corrected chi connectivity index (χ3v) is 4.71. The van der Waals surface area contributed by atoms with Crippen LogP contribution in [0.5, 0.6) is 5.75 Å². The number of rotatable bonds is 10. The lowest BCUT2D eigenvalue weighted by atomic mass is 10.1. The first-order valence-corrected chi connectivity index (χ1v) is 9.73. The van der Waals surface area contributed by atoms with Gasteiger partial charge in [0.2, 0.25) is 10.0 Å². The molecule has 7 nitrogen and oxygen atoms in total. The van der Waals surface area contributed by atoms with Crippen molar-refractivity contribution >= 4 is 15.9 Å². The van der Waals surface area contributed by atoms with Gasteiger partial charge in [0.1, 0.15) is 5.75 Å². The largest absolute Gasteiger partial charge is 0.484 e. The van der Waals surface area contributed by atoms with Crippen LogP contribution >= 0.6 is 0 Å². The van der Waals surface area contributed by atoms with Crippen molar-refractivity contribution in [2.75, 3.05) is 26.4 Å². The molecule has 0 aliphatic carbocycles. The van der Waals surface area contributed by atoms with Gasteiger partial charge in [-0.05, 0) is 58.4 Å². The zero-order chi connectivity index (χ0) is 18.9. The molecule has 0 unspecified atom stereocenters. The van der Waals surface area contributed by atoms with Gasteiger partial charge in [0.05, 0.1) is 4.90 Å². The lowest BCUT2D eigenvalue weighted by molar-refractivity contribution is -0.123. The molecule has 0 heterocycles. The number of nitrogens with one attached hydrogen (secondary N) is 2. The highest BCUT2D eigenvalue weighted by molar-refractivity contribution is 7.89. The molecular weight excluding hydrogens is 344 g/mol. The first kappa shape index (κ1) is 21.4. The summed E-state index contributed by atoms with van der Waals surface area (Å²) in [5, 5.41) is 2.72. The highest BCUT2D eigenvalue weighted by Gasteiger charge is 2.21. The zero-order valence-corrected chi connectivity index (χ0v) is 16.1. The fourth-order valence-electron chi connectivity index (χ4n) is 1.92. The lowest BCUT2D eigenvalue weighted by Gasteiger charge is -2.20. The monoisotopic (exact) mass is 372 g/mol. The van der Waals surface area contributed by atoms with E-state index in [9.17, 15) is 13.2 Å². The van der Waals surface area contributed by atoms with E-state index in [0.29, 0.717) is 25.5 Å². The van der Waals surface area contributed by atoms with Crippen LogP contribution in [0.25, 0.3) is 0 Å². The number of carbonyl (C=O) groups is 1. The van der Waals surface area contributed by atoms with E-state index in [0.717, 1.165) is 6.42 Å². The third-order valence-electron chi connectivity index (χ3n) is 2.94. The topological polar surface area (TPSA) is 93.7 Å². The normalized spacial score (nSPS) is 12.0. The van der Waals surface area contributed by atoms with Crippen molar-refractivity contribution in [3.05, 3.63) is 24.3 Å². The molecule has 0 saturated heterocycles. The van der Waals surface area contributed by atoms with Gasteiger partial charge in [-0.3, -0.25) is 4.79 Å². The van der Waals surface area contributed by atoms with Crippen molar-refractivity contribution in [1.82, 2.24) is 10.0 Å². The maximum atomic E-state index is 12.2. The smallest absolute Gasteiger partial charge is 0.257 e. The summed E-state index contributed by atoms with van der Waals surface area (Å²) in [6.45, 7) is 8.91. The number of amides is 1. The molecule has 0 fully saturated rings. The van der Waals surface area contributed by atoms with E-state index in [1.807, 2.05) is 6.92 Å². The van der Waals surface area contributed by atoms with Crippen LogP contribution in [0.2, 0.25) is 0 Å². The van der Waals surface area contributed by atoms with E-state index in [-0.39, 0.29) is 17.4 Å². The molecule has 1 aromatic rings.